The number of nitrogen functional groups attached to an aromatic ring is 1. The van der Waals surface area contributed by atoms with E-state index in [9.17, 15) is 4.79 Å². The van der Waals surface area contributed by atoms with Crippen molar-refractivity contribution in [1.29, 1.82) is 0 Å². The Bertz CT molecular complexity index is 1010. The number of methoxy groups -OCH3 is 1. The van der Waals surface area contributed by atoms with Gasteiger partial charge in [0, 0.05) is 50.5 Å². The molecule has 4 rings (SSSR count). The lowest BCUT2D eigenvalue weighted by molar-refractivity contribution is 0.102. The predicted molar refractivity (Wildman–Crippen MR) is 114 cm³/mol. The molecule has 3 aromatic rings. The topological polar surface area (TPSA) is 122 Å². The van der Waals surface area contributed by atoms with Crippen molar-refractivity contribution in [2.75, 3.05) is 54.1 Å². The summed E-state index contributed by atoms with van der Waals surface area (Å²) in [6.07, 6.45) is 6.55. The minimum atomic E-state index is -0.364. The first-order chi connectivity index (χ1) is 14.6. The van der Waals surface area contributed by atoms with Crippen molar-refractivity contribution in [2.45, 2.75) is 0 Å². The first-order valence-electron chi connectivity index (χ1n) is 9.48. The lowest BCUT2D eigenvalue weighted by Gasteiger charge is -2.35. The third-order valence-electron chi connectivity index (χ3n) is 4.83. The van der Waals surface area contributed by atoms with E-state index in [4.69, 9.17) is 10.5 Å². The van der Waals surface area contributed by atoms with Gasteiger partial charge in [-0.3, -0.25) is 9.78 Å². The van der Waals surface area contributed by atoms with E-state index in [1.54, 1.807) is 50.0 Å². The standard InChI is InChI=1S/C20H22N8O2/c1-30-15-4-2-14(3-5-15)25-19(29)16-12-24-20(26-18(16)21)28-10-8-27(9-11-28)17-13-22-6-7-23-17/h2-7,12-13H,8-11H2,1H3,(H,25,29)(H2,21,24,26). The molecule has 3 heterocycles. The molecule has 30 heavy (non-hydrogen) atoms. The quantitative estimate of drug-likeness (QED) is 0.648. The average molecular weight is 406 g/mol. The number of hydrogen-bond donors (Lipinski definition) is 2. The summed E-state index contributed by atoms with van der Waals surface area (Å²) in [4.78, 5) is 33.9. The van der Waals surface area contributed by atoms with Crippen LogP contribution < -0.4 is 25.6 Å². The van der Waals surface area contributed by atoms with Crippen molar-refractivity contribution in [3.63, 3.8) is 0 Å². The number of piperazine rings is 1. The largest absolute Gasteiger partial charge is 0.497 e. The Balaban J connectivity index is 1.40. The molecule has 1 aliphatic heterocycles. The molecule has 154 valence electrons. The van der Waals surface area contributed by atoms with E-state index in [0.29, 0.717) is 30.5 Å². The highest BCUT2D eigenvalue weighted by Gasteiger charge is 2.21. The maximum atomic E-state index is 12.5. The summed E-state index contributed by atoms with van der Waals surface area (Å²) in [6.45, 7) is 2.96. The number of nitrogens with one attached hydrogen (secondary N) is 1. The SMILES string of the molecule is COc1ccc(NC(=O)c2cnc(N3CCN(c4cnccn4)CC3)nc2N)cc1. The molecule has 0 aliphatic carbocycles. The van der Waals surface area contributed by atoms with Gasteiger partial charge in [-0.05, 0) is 24.3 Å². The number of hydrogen-bond acceptors (Lipinski definition) is 9. The molecule has 3 N–H and O–H groups in total. The summed E-state index contributed by atoms with van der Waals surface area (Å²) >= 11 is 0. The Morgan fingerprint density at radius 3 is 2.40 bits per heavy atom. The number of carbonyl (C=O) groups excluding carboxylic acids is 1. The van der Waals surface area contributed by atoms with Crippen LogP contribution >= 0.6 is 0 Å². The highest BCUT2D eigenvalue weighted by Crippen LogP contribution is 2.20. The normalized spacial score (nSPS) is 13.8. The second kappa shape index (κ2) is 8.60. The van der Waals surface area contributed by atoms with Gasteiger partial charge in [-0.25, -0.2) is 9.97 Å². The van der Waals surface area contributed by atoms with Gasteiger partial charge in [-0.1, -0.05) is 0 Å². The van der Waals surface area contributed by atoms with Gasteiger partial charge in [-0.2, -0.15) is 4.98 Å². The molecule has 1 saturated heterocycles. The lowest BCUT2D eigenvalue weighted by Crippen LogP contribution is -2.47. The van der Waals surface area contributed by atoms with Crippen molar-refractivity contribution >= 4 is 29.2 Å². The van der Waals surface area contributed by atoms with Crippen LogP contribution in [-0.4, -0.2) is 59.1 Å². The highest BCUT2D eigenvalue weighted by atomic mass is 16.5. The maximum absolute atomic E-state index is 12.5. The zero-order valence-corrected chi connectivity index (χ0v) is 16.5. The third-order valence-corrected chi connectivity index (χ3v) is 4.83. The molecule has 1 fully saturated rings. The summed E-state index contributed by atoms with van der Waals surface area (Å²) in [5.41, 5.74) is 6.92. The second-order valence-corrected chi connectivity index (χ2v) is 6.69. The maximum Gasteiger partial charge on any atom is 0.260 e. The molecular weight excluding hydrogens is 384 g/mol. The fourth-order valence-corrected chi connectivity index (χ4v) is 3.18. The Labute approximate surface area is 173 Å². The van der Waals surface area contributed by atoms with Crippen LogP contribution in [-0.2, 0) is 0 Å². The Kier molecular flexibility index (Phi) is 5.55. The third kappa shape index (κ3) is 4.22. The zero-order valence-electron chi connectivity index (χ0n) is 16.5. The van der Waals surface area contributed by atoms with E-state index in [2.05, 4.69) is 30.2 Å². The molecule has 0 atom stereocenters. The van der Waals surface area contributed by atoms with Gasteiger partial charge in [0.05, 0.1) is 13.3 Å². The van der Waals surface area contributed by atoms with Crippen LogP contribution in [0.15, 0.2) is 49.1 Å². The highest BCUT2D eigenvalue weighted by molar-refractivity contribution is 6.07. The smallest absolute Gasteiger partial charge is 0.260 e. The molecule has 10 nitrogen and oxygen atoms in total. The fourth-order valence-electron chi connectivity index (χ4n) is 3.18. The monoisotopic (exact) mass is 406 g/mol. The second-order valence-electron chi connectivity index (χ2n) is 6.69. The molecule has 10 heteroatoms. The fraction of sp³-hybridized carbons (Fsp3) is 0.250. The van der Waals surface area contributed by atoms with Gasteiger partial charge < -0.3 is 25.6 Å². The number of nitrogens with two attached hydrogens (primary N) is 1. The van der Waals surface area contributed by atoms with Crippen LogP contribution in [0.2, 0.25) is 0 Å². The summed E-state index contributed by atoms with van der Waals surface area (Å²) in [7, 11) is 1.59. The molecular formula is C20H22N8O2. The van der Waals surface area contributed by atoms with Crippen molar-refractivity contribution in [1.82, 2.24) is 19.9 Å². The van der Waals surface area contributed by atoms with E-state index in [1.807, 2.05) is 4.90 Å². The summed E-state index contributed by atoms with van der Waals surface area (Å²) in [5, 5.41) is 2.79. The minimum absolute atomic E-state index is 0.141. The van der Waals surface area contributed by atoms with Gasteiger partial charge in [0.15, 0.2) is 0 Å². The summed E-state index contributed by atoms with van der Waals surface area (Å²) < 4.78 is 5.11. The minimum Gasteiger partial charge on any atom is -0.497 e. The Morgan fingerprint density at radius 2 is 1.77 bits per heavy atom. The Morgan fingerprint density at radius 1 is 1.03 bits per heavy atom. The molecule has 0 saturated carbocycles. The van der Waals surface area contributed by atoms with E-state index in [0.717, 1.165) is 18.9 Å². The molecule has 0 bridgehead atoms. The van der Waals surface area contributed by atoms with E-state index >= 15 is 0 Å². The number of carbonyl (C=O) groups is 1. The van der Waals surface area contributed by atoms with E-state index in [-0.39, 0.29) is 17.3 Å². The average Bonchev–Trinajstić information content (AvgIpc) is 2.80. The number of aromatic nitrogens is 4. The zero-order chi connectivity index (χ0) is 20.9. The van der Waals surface area contributed by atoms with E-state index in [1.165, 1.54) is 6.20 Å². The van der Waals surface area contributed by atoms with Crippen LogP contribution in [0.3, 0.4) is 0 Å². The summed E-state index contributed by atoms with van der Waals surface area (Å²) in [6, 6.07) is 7.02. The number of amides is 1. The Hall–Kier alpha value is -3.95. The molecule has 2 aromatic heterocycles. The predicted octanol–water partition coefficient (Wildman–Crippen LogP) is 1.44. The van der Waals surface area contributed by atoms with Crippen LogP contribution in [0.5, 0.6) is 5.75 Å². The van der Waals surface area contributed by atoms with Gasteiger partial charge in [0.1, 0.15) is 22.9 Å². The van der Waals surface area contributed by atoms with Crippen LogP contribution in [0, 0.1) is 0 Å². The van der Waals surface area contributed by atoms with Crippen molar-refractivity contribution in [2.24, 2.45) is 0 Å². The number of benzene rings is 1. The number of rotatable bonds is 5. The van der Waals surface area contributed by atoms with Crippen molar-refractivity contribution in [3.8, 4) is 5.75 Å². The molecule has 0 unspecified atom stereocenters. The molecule has 1 aromatic carbocycles. The van der Waals surface area contributed by atoms with Crippen LogP contribution in [0.25, 0.3) is 0 Å². The van der Waals surface area contributed by atoms with Gasteiger partial charge in [0.2, 0.25) is 5.95 Å². The van der Waals surface area contributed by atoms with Gasteiger partial charge in [0.25, 0.3) is 5.91 Å². The van der Waals surface area contributed by atoms with Crippen LogP contribution in [0.1, 0.15) is 10.4 Å². The number of nitrogens with zero attached hydrogens (tertiary/aromatic N) is 6. The summed E-state index contributed by atoms with van der Waals surface area (Å²) in [5.74, 6) is 1.84. The molecule has 1 aliphatic rings. The molecule has 0 radical (unpaired) electrons. The van der Waals surface area contributed by atoms with Crippen molar-refractivity contribution in [3.05, 3.63) is 54.6 Å². The lowest BCUT2D eigenvalue weighted by atomic mass is 10.2. The molecule has 1 amide bonds. The first-order valence-corrected chi connectivity index (χ1v) is 9.48. The molecule has 0 spiro atoms. The van der Waals surface area contributed by atoms with Crippen molar-refractivity contribution < 1.29 is 9.53 Å². The van der Waals surface area contributed by atoms with Gasteiger partial charge in [-0.15, -0.1) is 0 Å². The number of anilines is 4. The van der Waals surface area contributed by atoms with E-state index < -0.39 is 0 Å². The van der Waals surface area contributed by atoms with Gasteiger partial charge >= 0.3 is 0 Å². The number of ether oxygens (including phenoxy) is 1. The first kappa shape index (κ1) is 19.4. The van der Waals surface area contributed by atoms with Crippen LogP contribution in [0.4, 0.5) is 23.3 Å².